The average molecular weight is 635 g/mol. The lowest BCUT2D eigenvalue weighted by Crippen LogP contribution is -2.37. The molecular formula is C21H40N4O14P2. The first kappa shape index (κ1) is 40.3. The summed E-state index contributed by atoms with van der Waals surface area (Å²) in [5.41, 5.74) is 0.318. The van der Waals surface area contributed by atoms with Crippen molar-refractivity contribution in [3.8, 4) is 0 Å². The number of amides is 4. The highest BCUT2D eigenvalue weighted by atomic mass is 31.2. The van der Waals surface area contributed by atoms with E-state index in [1.807, 2.05) is 0 Å². The summed E-state index contributed by atoms with van der Waals surface area (Å²) in [7, 11) is -8.89. The number of nitrogens with one attached hydrogen (secondary N) is 4. The second-order valence-corrected chi connectivity index (χ2v) is 10.2. The van der Waals surface area contributed by atoms with Gasteiger partial charge in [-0.2, -0.15) is 0 Å². The van der Waals surface area contributed by atoms with Crippen molar-refractivity contribution in [2.75, 3.05) is 52.6 Å². The van der Waals surface area contributed by atoms with Crippen LogP contribution in [0.3, 0.4) is 0 Å². The zero-order valence-corrected chi connectivity index (χ0v) is 24.5. The van der Waals surface area contributed by atoms with Gasteiger partial charge in [-0.25, -0.2) is 28.3 Å². The third-order valence-electron chi connectivity index (χ3n) is 3.94. The van der Waals surface area contributed by atoms with Crippen molar-refractivity contribution < 1.29 is 66.4 Å². The van der Waals surface area contributed by atoms with Gasteiger partial charge in [0.25, 0.3) is 0 Å². The van der Waals surface area contributed by atoms with Crippen molar-refractivity contribution in [3.05, 3.63) is 24.8 Å². The van der Waals surface area contributed by atoms with Crippen molar-refractivity contribution in [3.63, 3.8) is 0 Å². The molecule has 0 aliphatic rings. The molecule has 0 aliphatic carbocycles. The average Bonchev–Trinajstić information content (AvgIpc) is 2.86. The molecule has 0 radical (unpaired) electrons. The van der Waals surface area contributed by atoms with Gasteiger partial charge in [0.05, 0.1) is 26.4 Å². The van der Waals surface area contributed by atoms with Crippen molar-refractivity contribution in [2.24, 2.45) is 0 Å². The quantitative estimate of drug-likeness (QED) is 0.0385. The molecule has 0 heterocycles. The highest BCUT2D eigenvalue weighted by molar-refractivity contribution is 7.46. The molecule has 18 nitrogen and oxygen atoms in total. The monoisotopic (exact) mass is 634 g/mol. The molecule has 0 aromatic rings. The molecule has 0 atom stereocenters. The molecule has 20 heteroatoms. The zero-order valence-electron chi connectivity index (χ0n) is 22.7. The smallest absolute Gasteiger partial charge is 0.462 e. The molecule has 0 aromatic carbocycles. The van der Waals surface area contributed by atoms with Crippen LogP contribution in [0, 0.1) is 0 Å². The van der Waals surface area contributed by atoms with E-state index in [-0.39, 0.29) is 52.4 Å². The van der Waals surface area contributed by atoms with E-state index in [9.17, 15) is 28.3 Å². The Hall–Kier alpha value is -2.82. The molecular weight excluding hydrogens is 594 g/mol. The summed E-state index contributed by atoms with van der Waals surface area (Å²) in [6.07, 6.45) is 2.53. The number of carbonyl (C=O) groups excluding carboxylic acids is 4. The fourth-order valence-corrected chi connectivity index (χ4v) is 2.84. The summed E-state index contributed by atoms with van der Waals surface area (Å²) in [5, 5.41) is 10.0. The van der Waals surface area contributed by atoms with E-state index in [4.69, 9.17) is 29.0 Å². The molecule has 0 saturated carbocycles. The Morgan fingerprint density at radius 3 is 1.34 bits per heavy atom. The molecule has 8 N–H and O–H groups in total. The number of carbonyl (C=O) groups is 4. The largest absolute Gasteiger partial charge is 0.469 e. The van der Waals surface area contributed by atoms with Gasteiger partial charge in [0.15, 0.2) is 0 Å². The van der Waals surface area contributed by atoms with Gasteiger partial charge in [0.1, 0.15) is 0 Å². The fraction of sp³-hybridized carbons (Fsp3) is 0.619. The fourth-order valence-electron chi connectivity index (χ4n) is 2.11. The van der Waals surface area contributed by atoms with Crippen LogP contribution in [0.5, 0.6) is 0 Å². The third-order valence-corrected chi connectivity index (χ3v) is 4.98. The molecule has 0 unspecified atom stereocenters. The lowest BCUT2D eigenvalue weighted by molar-refractivity contribution is -0.139. The van der Waals surface area contributed by atoms with Crippen LogP contribution in [0.2, 0.25) is 0 Å². The second-order valence-electron chi connectivity index (χ2n) is 7.72. The Kier molecular flexibility index (Phi) is 23.4. The van der Waals surface area contributed by atoms with E-state index in [1.54, 1.807) is 6.92 Å². The summed E-state index contributed by atoms with van der Waals surface area (Å²) in [4.78, 5) is 77.8. The van der Waals surface area contributed by atoms with E-state index >= 15 is 0 Å². The Balaban J connectivity index is 0. The Labute approximate surface area is 237 Å². The summed E-state index contributed by atoms with van der Waals surface area (Å²) in [6, 6.07) is -0.839. The Morgan fingerprint density at radius 1 is 0.683 bits per heavy atom. The minimum absolute atomic E-state index is 0.151. The van der Waals surface area contributed by atoms with Gasteiger partial charge in [0.2, 0.25) is 0 Å². The minimum atomic E-state index is -4.45. The topological polar surface area (TPSA) is 268 Å². The summed E-state index contributed by atoms with van der Waals surface area (Å²) in [5.74, 6) is -0.982. The van der Waals surface area contributed by atoms with E-state index in [1.165, 1.54) is 0 Å². The number of ether oxygens (including phenoxy) is 2. The van der Waals surface area contributed by atoms with E-state index in [0.717, 1.165) is 6.08 Å². The maximum Gasteiger partial charge on any atom is 0.469 e. The number of hydrogen-bond acceptors (Lipinski definition) is 10. The molecule has 0 rings (SSSR count). The van der Waals surface area contributed by atoms with Gasteiger partial charge in [-0.05, 0) is 32.6 Å². The first-order valence-electron chi connectivity index (χ1n) is 12.1. The van der Waals surface area contributed by atoms with Crippen molar-refractivity contribution in [1.29, 1.82) is 0 Å². The first-order valence-corrected chi connectivity index (χ1v) is 15.2. The van der Waals surface area contributed by atoms with Crippen molar-refractivity contribution >= 4 is 39.6 Å². The third kappa shape index (κ3) is 33.3. The predicted molar refractivity (Wildman–Crippen MR) is 144 cm³/mol. The van der Waals surface area contributed by atoms with Gasteiger partial charge in [-0.3, -0.25) is 9.05 Å². The molecule has 0 aliphatic heterocycles. The number of hydrogen-bond donors (Lipinski definition) is 8. The molecule has 0 bridgehead atoms. The van der Waals surface area contributed by atoms with Crippen LogP contribution in [0.4, 0.5) is 9.59 Å². The summed E-state index contributed by atoms with van der Waals surface area (Å²) >= 11 is 0. The Morgan fingerprint density at radius 2 is 1.02 bits per heavy atom. The number of urea groups is 2. The minimum Gasteiger partial charge on any atom is -0.462 e. The molecule has 4 amide bonds. The van der Waals surface area contributed by atoms with E-state index in [2.05, 4.69) is 43.5 Å². The van der Waals surface area contributed by atoms with Gasteiger partial charge in [0, 0.05) is 37.8 Å². The number of phosphoric ester groups is 2. The second kappa shape index (κ2) is 23.8. The van der Waals surface area contributed by atoms with Crippen molar-refractivity contribution in [2.45, 2.75) is 32.6 Å². The van der Waals surface area contributed by atoms with E-state index in [0.29, 0.717) is 31.5 Å². The van der Waals surface area contributed by atoms with Crippen LogP contribution in [-0.4, -0.2) is 96.2 Å². The highest BCUT2D eigenvalue weighted by Gasteiger charge is 2.13. The van der Waals surface area contributed by atoms with Crippen LogP contribution in [0.25, 0.3) is 0 Å². The molecule has 0 aromatic heterocycles. The lowest BCUT2D eigenvalue weighted by atomic mass is 10.3. The molecule has 41 heavy (non-hydrogen) atoms. The number of esters is 2. The van der Waals surface area contributed by atoms with Gasteiger partial charge in [-0.1, -0.05) is 13.2 Å². The maximum atomic E-state index is 11.3. The standard InChI is InChI=1S/C11H21N2O7P.C10H19N2O7P/c1-9(2)10(14)19-7-3-5-12-11(15)13-6-4-8-20-21(16,17)18;1-2-9(13)18-7-3-5-11-10(14)12-6-4-8-19-20(15,16)17/h1,3-8H2,2H3,(H2,12,13,15)(H2,16,17,18);2H,1,3-8H2,(H2,11,12,14)(H2,15,16,17). The normalized spacial score (nSPS) is 10.8. The van der Waals surface area contributed by atoms with Crippen LogP contribution >= 0.6 is 15.6 Å². The van der Waals surface area contributed by atoms with E-state index < -0.39 is 39.6 Å². The highest BCUT2D eigenvalue weighted by Crippen LogP contribution is 2.36. The van der Waals surface area contributed by atoms with Gasteiger partial charge < -0.3 is 50.3 Å². The molecule has 0 spiro atoms. The van der Waals surface area contributed by atoms with Gasteiger partial charge in [-0.15, -0.1) is 0 Å². The number of rotatable bonds is 20. The lowest BCUT2D eigenvalue weighted by Gasteiger charge is -2.08. The predicted octanol–water partition coefficient (Wildman–Crippen LogP) is 0.199. The van der Waals surface area contributed by atoms with Gasteiger partial charge >= 0.3 is 39.6 Å². The van der Waals surface area contributed by atoms with Crippen molar-refractivity contribution in [1.82, 2.24) is 21.3 Å². The summed E-state index contributed by atoms with van der Waals surface area (Å²) < 4.78 is 38.6. The van der Waals surface area contributed by atoms with Crippen LogP contribution < -0.4 is 21.3 Å². The summed E-state index contributed by atoms with van der Waals surface area (Å²) in [6.45, 7) is 9.37. The van der Waals surface area contributed by atoms with Crippen LogP contribution in [-0.2, 0) is 37.2 Å². The maximum absolute atomic E-state index is 11.3. The number of phosphoric acid groups is 2. The van der Waals surface area contributed by atoms with Crippen LogP contribution in [0.1, 0.15) is 32.6 Å². The molecule has 238 valence electrons. The zero-order chi connectivity index (χ0) is 31.7. The van der Waals surface area contributed by atoms with Crippen LogP contribution in [0.15, 0.2) is 24.8 Å². The SMILES string of the molecule is C=C(C)C(=O)OCCCNC(=O)NCCCOP(=O)(O)O.C=CC(=O)OCCCNC(=O)NCCCOP(=O)(O)O. The Bertz CT molecular complexity index is 922. The molecule has 0 fully saturated rings. The first-order chi connectivity index (χ1) is 19.1. The molecule has 0 saturated heterocycles.